The van der Waals surface area contributed by atoms with E-state index in [1.807, 2.05) is 13.8 Å². The lowest BCUT2D eigenvalue weighted by atomic mass is 9.95. The molecule has 1 aromatic heterocycles. The fourth-order valence-corrected chi connectivity index (χ4v) is 1.16. The van der Waals surface area contributed by atoms with Gasteiger partial charge in [-0.05, 0) is 12.1 Å². The van der Waals surface area contributed by atoms with Gasteiger partial charge in [0.2, 0.25) is 0 Å². The van der Waals surface area contributed by atoms with Crippen molar-refractivity contribution in [2.24, 2.45) is 5.41 Å². The molecule has 0 aliphatic carbocycles. The summed E-state index contributed by atoms with van der Waals surface area (Å²) in [5.74, 6) is 0.413. The summed E-state index contributed by atoms with van der Waals surface area (Å²) in [6.07, 6.45) is 0. The average molecular weight is 252 g/mol. The van der Waals surface area contributed by atoms with Crippen LogP contribution in [0.5, 0.6) is 0 Å². The fraction of sp³-hybridized carbons (Fsp3) is 0.583. The van der Waals surface area contributed by atoms with Crippen LogP contribution in [0.4, 0.5) is 5.82 Å². The van der Waals surface area contributed by atoms with Crippen LogP contribution in [0.15, 0.2) is 12.1 Å². The van der Waals surface area contributed by atoms with E-state index in [0.29, 0.717) is 18.1 Å². The van der Waals surface area contributed by atoms with E-state index in [1.54, 1.807) is 26.2 Å². The molecule has 100 valence electrons. The molecule has 0 spiro atoms. The maximum atomic E-state index is 11.6. The molecule has 1 heterocycles. The van der Waals surface area contributed by atoms with Gasteiger partial charge in [-0.1, -0.05) is 13.8 Å². The second-order valence-corrected chi connectivity index (χ2v) is 5.18. The van der Waals surface area contributed by atoms with Gasteiger partial charge in [0.25, 0.3) is 5.91 Å². The van der Waals surface area contributed by atoms with Crippen molar-refractivity contribution in [3.8, 4) is 0 Å². The van der Waals surface area contributed by atoms with E-state index in [1.165, 1.54) is 4.90 Å². The minimum absolute atomic E-state index is 0.0879. The highest BCUT2D eigenvalue weighted by molar-refractivity contribution is 5.91. The van der Waals surface area contributed by atoms with Gasteiger partial charge in [-0.15, -0.1) is 10.2 Å². The Labute approximate surface area is 107 Å². The normalized spacial score (nSPS) is 11.2. The summed E-state index contributed by atoms with van der Waals surface area (Å²) in [6, 6.07) is 3.33. The Kier molecular flexibility index (Phi) is 4.61. The van der Waals surface area contributed by atoms with Crippen LogP contribution in [0.2, 0.25) is 0 Å². The van der Waals surface area contributed by atoms with E-state index in [2.05, 4.69) is 15.5 Å². The molecule has 0 unspecified atom stereocenters. The Bertz CT molecular complexity index is 401. The molecule has 0 radical (unpaired) electrons. The van der Waals surface area contributed by atoms with Crippen LogP contribution >= 0.6 is 0 Å². The Morgan fingerprint density at radius 3 is 2.50 bits per heavy atom. The third-order valence-electron chi connectivity index (χ3n) is 2.47. The number of aliphatic hydroxyl groups is 1. The van der Waals surface area contributed by atoms with Crippen LogP contribution in [0.3, 0.4) is 0 Å². The smallest absolute Gasteiger partial charge is 0.273 e. The maximum Gasteiger partial charge on any atom is 0.273 e. The van der Waals surface area contributed by atoms with E-state index < -0.39 is 0 Å². The zero-order chi connectivity index (χ0) is 13.8. The predicted molar refractivity (Wildman–Crippen MR) is 69.4 cm³/mol. The molecule has 0 atom stereocenters. The molecule has 0 aromatic carbocycles. The van der Waals surface area contributed by atoms with Gasteiger partial charge in [-0.2, -0.15) is 0 Å². The van der Waals surface area contributed by atoms with Crippen LogP contribution in [0.1, 0.15) is 24.3 Å². The van der Waals surface area contributed by atoms with Gasteiger partial charge in [0, 0.05) is 32.7 Å². The molecule has 0 aliphatic heterocycles. The molecule has 0 saturated carbocycles. The van der Waals surface area contributed by atoms with Gasteiger partial charge >= 0.3 is 0 Å². The Morgan fingerprint density at radius 1 is 1.39 bits per heavy atom. The standard InChI is InChI=1S/C12H20N4O2/c1-12(2,8-17)7-13-10-6-5-9(14-15-10)11(18)16(3)4/h5-6,17H,7-8H2,1-4H3,(H,13,15). The molecule has 1 rings (SSSR count). The van der Waals surface area contributed by atoms with Crippen LogP contribution < -0.4 is 5.32 Å². The number of aromatic nitrogens is 2. The quantitative estimate of drug-likeness (QED) is 0.802. The lowest BCUT2D eigenvalue weighted by Gasteiger charge is -2.21. The van der Waals surface area contributed by atoms with Crippen molar-refractivity contribution in [3.05, 3.63) is 17.8 Å². The minimum atomic E-state index is -0.222. The van der Waals surface area contributed by atoms with E-state index >= 15 is 0 Å². The number of rotatable bonds is 5. The highest BCUT2D eigenvalue weighted by Crippen LogP contribution is 2.14. The van der Waals surface area contributed by atoms with Crippen molar-refractivity contribution in [3.63, 3.8) is 0 Å². The molecule has 6 heteroatoms. The first-order valence-electron chi connectivity index (χ1n) is 5.76. The van der Waals surface area contributed by atoms with Gasteiger partial charge in [0.15, 0.2) is 5.69 Å². The zero-order valence-electron chi connectivity index (χ0n) is 11.3. The molecule has 2 N–H and O–H groups in total. The first kappa shape index (κ1) is 14.4. The van der Waals surface area contributed by atoms with Crippen molar-refractivity contribution in [1.29, 1.82) is 0 Å². The Morgan fingerprint density at radius 2 is 2.06 bits per heavy atom. The first-order chi connectivity index (χ1) is 8.35. The topological polar surface area (TPSA) is 78.4 Å². The average Bonchev–Trinajstić information content (AvgIpc) is 2.36. The van der Waals surface area contributed by atoms with Crippen molar-refractivity contribution < 1.29 is 9.90 Å². The van der Waals surface area contributed by atoms with Crippen molar-refractivity contribution in [2.75, 3.05) is 32.6 Å². The van der Waals surface area contributed by atoms with E-state index in [9.17, 15) is 4.79 Å². The van der Waals surface area contributed by atoms with Gasteiger partial charge in [-0.3, -0.25) is 4.79 Å². The molecule has 1 aromatic rings. The molecular weight excluding hydrogens is 232 g/mol. The largest absolute Gasteiger partial charge is 0.396 e. The summed E-state index contributed by atoms with van der Waals surface area (Å²) in [5, 5.41) is 20.0. The summed E-state index contributed by atoms with van der Waals surface area (Å²) in [5.41, 5.74) is 0.0896. The summed E-state index contributed by atoms with van der Waals surface area (Å²) in [7, 11) is 3.33. The van der Waals surface area contributed by atoms with E-state index in [4.69, 9.17) is 5.11 Å². The second kappa shape index (κ2) is 5.77. The number of hydrogen-bond donors (Lipinski definition) is 2. The Hall–Kier alpha value is -1.69. The fourth-order valence-electron chi connectivity index (χ4n) is 1.16. The van der Waals surface area contributed by atoms with Gasteiger partial charge in [-0.25, -0.2) is 0 Å². The number of carbonyl (C=O) groups excluding carboxylic acids is 1. The van der Waals surface area contributed by atoms with Gasteiger partial charge < -0.3 is 15.3 Å². The molecule has 0 fully saturated rings. The number of aliphatic hydroxyl groups excluding tert-OH is 1. The van der Waals surface area contributed by atoms with Crippen molar-refractivity contribution in [2.45, 2.75) is 13.8 Å². The van der Waals surface area contributed by atoms with Crippen LogP contribution in [-0.4, -0.2) is 53.4 Å². The van der Waals surface area contributed by atoms with Crippen LogP contribution in [-0.2, 0) is 0 Å². The Balaban J connectivity index is 2.64. The second-order valence-electron chi connectivity index (χ2n) is 5.18. The molecule has 1 amide bonds. The van der Waals surface area contributed by atoms with Crippen molar-refractivity contribution in [1.82, 2.24) is 15.1 Å². The molecule has 18 heavy (non-hydrogen) atoms. The number of nitrogens with one attached hydrogen (secondary N) is 1. The summed E-state index contributed by atoms with van der Waals surface area (Å²) >= 11 is 0. The third kappa shape index (κ3) is 3.96. The summed E-state index contributed by atoms with van der Waals surface area (Å²) in [4.78, 5) is 13.0. The van der Waals surface area contributed by atoms with Crippen molar-refractivity contribution >= 4 is 11.7 Å². The van der Waals surface area contributed by atoms with Gasteiger partial charge in [0.1, 0.15) is 5.82 Å². The summed E-state index contributed by atoms with van der Waals surface area (Å²) in [6.45, 7) is 4.55. The highest BCUT2D eigenvalue weighted by atomic mass is 16.3. The van der Waals surface area contributed by atoms with Crippen LogP contribution in [0.25, 0.3) is 0 Å². The molecule has 0 aliphatic rings. The third-order valence-corrected chi connectivity index (χ3v) is 2.47. The molecule has 6 nitrogen and oxygen atoms in total. The number of anilines is 1. The van der Waals surface area contributed by atoms with Gasteiger partial charge in [0.05, 0.1) is 0 Å². The lowest BCUT2D eigenvalue weighted by molar-refractivity contribution is 0.0821. The maximum absolute atomic E-state index is 11.6. The van der Waals surface area contributed by atoms with E-state index in [-0.39, 0.29) is 17.9 Å². The molecule has 0 saturated heterocycles. The number of amides is 1. The van der Waals surface area contributed by atoms with Crippen LogP contribution in [0, 0.1) is 5.41 Å². The lowest BCUT2D eigenvalue weighted by Crippen LogP contribution is -2.27. The van der Waals surface area contributed by atoms with E-state index in [0.717, 1.165) is 0 Å². The highest BCUT2D eigenvalue weighted by Gasteiger charge is 2.16. The number of carbonyl (C=O) groups is 1. The molecular formula is C12H20N4O2. The zero-order valence-corrected chi connectivity index (χ0v) is 11.3. The molecule has 0 bridgehead atoms. The SMILES string of the molecule is CN(C)C(=O)c1ccc(NCC(C)(C)CO)nn1. The summed E-state index contributed by atoms with van der Waals surface area (Å²) < 4.78 is 0. The number of hydrogen-bond acceptors (Lipinski definition) is 5. The number of nitrogens with zero attached hydrogens (tertiary/aromatic N) is 3. The monoisotopic (exact) mass is 252 g/mol. The predicted octanol–water partition coefficient (Wildman–Crippen LogP) is 0.609. The minimum Gasteiger partial charge on any atom is -0.396 e. The first-order valence-corrected chi connectivity index (χ1v) is 5.76.